The molecule has 1 aliphatic heterocycles. The van der Waals surface area contributed by atoms with Crippen molar-refractivity contribution in [3.05, 3.63) is 66.3 Å². The van der Waals surface area contributed by atoms with Gasteiger partial charge in [0.15, 0.2) is 0 Å². The largest absolute Gasteiger partial charge is 0.421 e. The van der Waals surface area contributed by atoms with Gasteiger partial charge in [-0.1, -0.05) is 18.2 Å². The first-order valence-electron chi connectivity index (χ1n) is 10.8. The van der Waals surface area contributed by atoms with Gasteiger partial charge in [0.1, 0.15) is 5.82 Å². The quantitative estimate of drug-likeness (QED) is 0.524. The van der Waals surface area contributed by atoms with E-state index in [4.69, 9.17) is 4.42 Å². The molecule has 8 nitrogen and oxygen atoms in total. The number of carbonyl (C=O) groups excluding carboxylic acids is 1. The summed E-state index contributed by atoms with van der Waals surface area (Å²) in [6.45, 7) is 1.33. The van der Waals surface area contributed by atoms with Gasteiger partial charge in [-0.3, -0.25) is 4.79 Å². The smallest absolute Gasteiger partial charge is 0.247 e. The number of sulfonamides is 1. The van der Waals surface area contributed by atoms with Crippen molar-refractivity contribution in [2.75, 3.05) is 26.2 Å². The van der Waals surface area contributed by atoms with Gasteiger partial charge < -0.3 is 9.32 Å². The van der Waals surface area contributed by atoms with E-state index in [1.807, 2.05) is 30.3 Å². The lowest BCUT2D eigenvalue weighted by Crippen LogP contribution is -2.37. The van der Waals surface area contributed by atoms with E-state index in [1.165, 1.54) is 16.4 Å². The van der Waals surface area contributed by atoms with Crippen LogP contribution in [0.1, 0.15) is 25.2 Å². The van der Waals surface area contributed by atoms with E-state index in [1.54, 1.807) is 4.90 Å². The normalized spacial score (nSPS) is 15.4. The van der Waals surface area contributed by atoms with E-state index in [2.05, 4.69) is 10.2 Å². The summed E-state index contributed by atoms with van der Waals surface area (Å²) in [5.74, 6) is 0.415. The van der Waals surface area contributed by atoms with Crippen molar-refractivity contribution in [2.24, 2.45) is 0 Å². The Morgan fingerprint density at radius 2 is 1.73 bits per heavy atom. The Balaban J connectivity index is 1.28. The van der Waals surface area contributed by atoms with Crippen molar-refractivity contribution >= 4 is 15.9 Å². The average molecular weight is 473 g/mol. The molecule has 0 radical (unpaired) electrons. The van der Waals surface area contributed by atoms with Crippen molar-refractivity contribution in [1.29, 1.82) is 0 Å². The van der Waals surface area contributed by atoms with Crippen molar-refractivity contribution in [1.82, 2.24) is 19.4 Å². The number of halogens is 1. The molecule has 1 aliphatic rings. The molecule has 0 unspecified atom stereocenters. The summed E-state index contributed by atoms with van der Waals surface area (Å²) < 4.78 is 45.9. The Morgan fingerprint density at radius 3 is 2.48 bits per heavy atom. The molecule has 1 amide bonds. The highest BCUT2D eigenvalue weighted by Gasteiger charge is 2.28. The van der Waals surface area contributed by atoms with Gasteiger partial charge in [0.25, 0.3) is 0 Å². The summed E-state index contributed by atoms with van der Waals surface area (Å²) in [6.07, 6.45) is 1.90. The van der Waals surface area contributed by atoms with Crippen LogP contribution in [0.4, 0.5) is 4.39 Å². The number of aryl methyl sites for hydroxylation is 1. The predicted molar refractivity (Wildman–Crippen MR) is 119 cm³/mol. The Labute approximate surface area is 192 Å². The van der Waals surface area contributed by atoms with E-state index < -0.39 is 15.8 Å². The Kier molecular flexibility index (Phi) is 7.14. The molecule has 0 atom stereocenters. The number of aromatic nitrogens is 2. The number of carbonyl (C=O) groups is 1. The highest BCUT2D eigenvalue weighted by atomic mass is 32.2. The molecule has 33 heavy (non-hydrogen) atoms. The van der Waals surface area contributed by atoms with Gasteiger partial charge in [-0.05, 0) is 49.2 Å². The zero-order chi connectivity index (χ0) is 23.3. The molecule has 10 heteroatoms. The van der Waals surface area contributed by atoms with Crippen molar-refractivity contribution in [3.8, 4) is 11.5 Å². The second kappa shape index (κ2) is 10.2. The molecular weight excluding hydrogens is 447 g/mol. The number of amides is 1. The fraction of sp³-hybridized carbons (Fsp3) is 0.348. The highest BCUT2D eigenvalue weighted by Crippen LogP contribution is 2.20. The van der Waals surface area contributed by atoms with Crippen LogP contribution < -0.4 is 0 Å². The fourth-order valence-electron chi connectivity index (χ4n) is 3.74. The third-order valence-electron chi connectivity index (χ3n) is 5.53. The first kappa shape index (κ1) is 23.1. The zero-order valence-corrected chi connectivity index (χ0v) is 18.9. The van der Waals surface area contributed by atoms with Crippen LogP contribution in [-0.4, -0.2) is 59.9 Å². The zero-order valence-electron chi connectivity index (χ0n) is 18.1. The minimum absolute atomic E-state index is 0.0289. The summed E-state index contributed by atoms with van der Waals surface area (Å²) >= 11 is 0. The van der Waals surface area contributed by atoms with Crippen molar-refractivity contribution < 1.29 is 22.0 Å². The Bertz CT molecular complexity index is 1180. The van der Waals surface area contributed by atoms with Gasteiger partial charge >= 0.3 is 0 Å². The third-order valence-corrected chi connectivity index (χ3v) is 7.44. The molecule has 0 aliphatic carbocycles. The summed E-state index contributed by atoms with van der Waals surface area (Å²) in [6, 6.07) is 14.3. The minimum Gasteiger partial charge on any atom is -0.421 e. The SMILES string of the molecule is O=C(CCCc1nnc(-c2ccccc2)o1)N1CCCN(S(=O)(=O)c2ccc(F)cc2)CC1. The topological polar surface area (TPSA) is 96.6 Å². The predicted octanol–water partition coefficient (Wildman–Crippen LogP) is 3.12. The van der Waals surface area contributed by atoms with Crippen LogP contribution in [0.15, 0.2) is 63.9 Å². The lowest BCUT2D eigenvalue weighted by Gasteiger charge is -2.22. The molecule has 174 valence electrons. The summed E-state index contributed by atoms with van der Waals surface area (Å²) in [4.78, 5) is 14.4. The second-order valence-electron chi connectivity index (χ2n) is 7.81. The molecule has 1 aromatic heterocycles. The maximum atomic E-state index is 13.1. The summed E-state index contributed by atoms with van der Waals surface area (Å²) in [5, 5.41) is 8.10. The second-order valence-corrected chi connectivity index (χ2v) is 9.75. The molecule has 0 bridgehead atoms. The molecule has 4 rings (SSSR count). The van der Waals surface area contributed by atoms with Gasteiger partial charge in [-0.25, -0.2) is 12.8 Å². The van der Waals surface area contributed by atoms with Crippen LogP contribution in [0.3, 0.4) is 0 Å². The monoisotopic (exact) mass is 472 g/mol. The van der Waals surface area contributed by atoms with Gasteiger partial charge in [0.2, 0.25) is 27.7 Å². The number of benzene rings is 2. The van der Waals surface area contributed by atoms with Crippen molar-refractivity contribution in [2.45, 2.75) is 30.6 Å². The van der Waals surface area contributed by atoms with E-state index in [0.717, 1.165) is 17.7 Å². The van der Waals surface area contributed by atoms with Crippen LogP contribution in [-0.2, 0) is 21.2 Å². The first-order chi connectivity index (χ1) is 15.9. The fourth-order valence-corrected chi connectivity index (χ4v) is 5.21. The number of hydrogen-bond acceptors (Lipinski definition) is 6. The maximum absolute atomic E-state index is 13.1. The lowest BCUT2D eigenvalue weighted by atomic mass is 10.2. The first-order valence-corrected chi connectivity index (χ1v) is 12.3. The number of nitrogens with zero attached hydrogens (tertiary/aromatic N) is 4. The van der Waals surface area contributed by atoms with Gasteiger partial charge in [0.05, 0.1) is 4.90 Å². The summed E-state index contributed by atoms with van der Waals surface area (Å²) in [7, 11) is -3.72. The number of hydrogen-bond donors (Lipinski definition) is 0. The Morgan fingerprint density at radius 1 is 0.970 bits per heavy atom. The Hall–Kier alpha value is -3.11. The van der Waals surface area contributed by atoms with E-state index in [0.29, 0.717) is 57.1 Å². The van der Waals surface area contributed by atoms with E-state index in [-0.39, 0.29) is 17.3 Å². The van der Waals surface area contributed by atoms with E-state index >= 15 is 0 Å². The van der Waals surface area contributed by atoms with Gasteiger partial charge in [-0.2, -0.15) is 4.31 Å². The molecule has 1 saturated heterocycles. The summed E-state index contributed by atoms with van der Waals surface area (Å²) in [5.41, 5.74) is 0.844. The molecule has 0 spiro atoms. The molecule has 2 heterocycles. The van der Waals surface area contributed by atoms with Crippen LogP contribution >= 0.6 is 0 Å². The van der Waals surface area contributed by atoms with Gasteiger partial charge in [0, 0.05) is 44.6 Å². The van der Waals surface area contributed by atoms with Crippen LogP contribution in [0, 0.1) is 5.82 Å². The van der Waals surface area contributed by atoms with Crippen LogP contribution in [0.5, 0.6) is 0 Å². The molecule has 2 aromatic carbocycles. The number of rotatable bonds is 7. The molecule has 0 saturated carbocycles. The van der Waals surface area contributed by atoms with Crippen LogP contribution in [0.2, 0.25) is 0 Å². The average Bonchev–Trinajstić information content (AvgIpc) is 3.14. The standard InChI is InChI=1S/C23H25FN4O4S/c24-19-10-12-20(13-11-19)33(30,31)28-15-5-14-27(16-17-28)22(29)9-4-8-21-25-26-23(32-21)18-6-2-1-3-7-18/h1-3,6-7,10-13H,4-5,8-9,14-17H2. The van der Waals surface area contributed by atoms with Crippen molar-refractivity contribution in [3.63, 3.8) is 0 Å². The molecule has 0 N–H and O–H groups in total. The molecule has 1 fully saturated rings. The minimum atomic E-state index is -3.72. The van der Waals surface area contributed by atoms with E-state index in [9.17, 15) is 17.6 Å². The molecule has 3 aromatic rings. The molecular formula is C23H25FN4O4S. The van der Waals surface area contributed by atoms with Gasteiger partial charge in [-0.15, -0.1) is 10.2 Å². The third kappa shape index (κ3) is 5.63. The highest BCUT2D eigenvalue weighted by molar-refractivity contribution is 7.89. The maximum Gasteiger partial charge on any atom is 0.247 e. The van der Waals surface area contributed by atoms with Crippen LogP contribution in [0.25, 0.3) is 11.5 Å². The lowest BCUT2D eigenvalue weighted by molar-refractivity contribution is -0.131.